The summed E-state index contributed by atoms with van der Waals surface area (Å²) in [6.07, 6.45) is 2.64. The molecule has 90 valence electrons. The van der Waals surface area contributed by atoms with Gasteiger partial charge in [0, 0.05) is 11.9 Å². The Morgan fingerprint density at radius 1 is 1.41 bits per heavy atom. The number of hydrogen-bond acceptors (Lipinski definition) is 4. The first-order valence-electron chi connectivity index (χ1n) is 5.52. The smallest absolute Gasteiger partial charge is 0.195 e. The normalized spacial score (nSPS) is 10.8. The molecule has 0 aliphatic rings. The Hall–Kier alpha value is -1.33. The van der Waals surface area contributed by atoms with Gasteiger partial charge >= 0.3 is 0 Å². The van der Waals surface area contributed by atoms with Crippen molar-refractivity contribution in [1.82, 2.24) is 14.8 Å². The van der Waals surface area contributed by atoms with Gasteiger partial charge in [0.2, 0.25) is 0 Å². The Bertz CT molecular complexity index is 507. The lowest BCUT2D eigenvalue weighted by atomic mass is 10.1. The number of aromatic nitrogens is 3. The van der Waals surface area contributed by atoms with Crippen molar-refractivity contribution in [2.24, 2.45) is 12.8 Å². The minimum absolute atomic E-state index is 0.691. The molecule has 0 saturated carbocycles. The van der Waals surface area contributed by atoms with Crippen LogP contribution in [0.4, 0.5) is 0 Å². The molecule has 17 heavy (non-hydrogen) atoms. The van der Waals surface area contributed by atoms with Crippen LogP contribution in [0.15, 0.2) is 34.6 Å². The molecule has 2 aromatic rings. The SMILES string of the molecule is Cc1cc(Sc2nncn2C)ccc1CCN. The third-order valence-electron chi connectivity index (χ3n) is 2.61. The van der Waals surface area contributed by atoms with E-state index in [1.807, 2.05) is 11.6 Å². The molecule has 2 N–H and O–H groups in total. The van der Waals surface area contributed by atoms with E-state index in [1.165, 1.54) is 16.0 Å². The van der Waals surface area contributed by atoms with Gasteiger partial charge in [-0.1, -0.05) is 6.07 Å². The number of rotatable bonds is 4. The number of hydrogen-bond donors (Lipinski definition) is 1. The van der Waals surface area contributed by atoms with Crippen molar-refractivity contribution >= 4 is 11.8 Å². The fourth-order valence-corrected chi connectivity index (χ4v) is 2.50. The van der Waals surface area contributed by atoms with Crippen LogP contribution in [0.5, 0.6) is 0 Å². The molecule has 0 fully saturated rings. The molecule has 0 bridgehead atoms. The zero-order valence-corrected chi connectivity index (χ0v) is 10.9. The van der Waals surface area contributed by atoms with E-state index in [4.69, 9.17) is 5.73 Å². The minimum Gasteiger partial charge on any atom is -0.330 e. The zero-order chi connectivity index (χ0) is 12.3. The summed E-state index contributed by atoms with van der Waals surface area (Å²) in [5, 5.41) is 8.82. The van der Waals surface area contributed by atoms with Crippen LogP contribution in [0.2, 0.25) is 0 Å². The molecule has 1 aromatic heterocycles. The van der Waals surface area contributed by atoms with Gasteiger partial charge in [-0.3, -0.25) is 0 Å². The summed E-state index contributed by atoms with van der Waals surface area (Å²) < 4.78 is 1.91. The van der Waals surface area contributed by atoms with Crippen LogP contribution >= 0.6 is 11.8 Å². The van der Waals surface area contributed by atoms with E-state index < -0.39 is 0 Å². The van der Waals surface area contributed by atoms with Gasteiger partial charge in [-0.25, -0.2) is 0 Å². The average Bonchev–Trinajstić information content (AvgIpc) is 2.69. The maximum absolute atomic E-state index is 5.57. The summed E-state index contributed by atoms with van der Waals surface area (Å²) in [7, 11) is 1.94. The van der Waals surface area contributed by atoms with Gasteiger partial charge in [-0.05, 0) is 54.9 Å². The molecule has 0 atom stereocenters. The summed E-state index contributed by atoms with van der Waals surface area (Å²) in [4.78, 5) is 1.18. The van der Waals surface area contributed by atoms with Gasteiger partial charge in [0.05, 0.1) is 0 Å². The highest BCUT2D eigenvalue weighted by molar-refractivity contribution is 7.99. The van der Waals surface area contributed by atoms with Gasteiger partial charge in [0.15, 0.2) is 5.16 Å². The Morgan fingerprint density at radius 2 is 2.24 bits per heavy atom. The first kappa shape index (κ1) is 12.1. The molecule has 0 unspecified atom stereocenters. The van der Waals surface area contributed by atoms with Crippen molar-refractivity contribution in [3.05, 3.63) is 35.7 Å². The van der Waals surface area contributed by atoms with Gasteiger partial charge in [0.25, 0.3) is 0 Å². The van der Waals surface area contributed by atoms with Gasteiger partial charge in [-0.2, -0.15) is 0 Å². The first-order chi connectivity index (χ1) is 8.20. The molecule has 2 rings (SSSR count). The summed E-state index contributed by atoms with van der Waals surface area (Å²) in [5.41, 5.74) is 8.17. The van der Waals surface area contributed by atoms with Crippen molar-refractivity contribution in [3.63, 3.8) is 0 Å². The quantitative estimate of drug-likeness (QED) is 0.896. The summed E-state index contributed by atoms with van der Waals surface area (Å²) in [6.45, 7) is 2.81. The third kappa shape index (κ3) is 2.87. The fraction of sp³-hybridized carbons (Fsp3) is 0.333. The van der Waals surface area contributed by atoms with Crippen LogP contribution in [-0.2, 0) is 13.5 Å². The molecule has 0 amide bonds. The minimum atomic E-state index is 0.691. The van der Waals surface area contributed by atoms with Gasteiger partial charge in [-0.15, -0.1) is 10.2 Å². The van der Waals surface area contributed by atoms with Crippen molar-refractivity contribution in [1.29, 1.82) is 0 Å². The lowest BCUT2D eigenvalue weighted by Gasteiger charge is -2.07. The Kier molecular flexibility index (Phi) is 3.81. The second-order valence-corrected chi connectivity index (χ2v) is 4.99. The number of aryl methyl sites for hydroxylation is 2. The predicted molar refractivity (Wildman–Crippen MR) is 69.1 cm³/mol. The number of nitrogens with zero attached hydrogens (tertiary/aromatic N) is 3. The highest BCUT2D eigenvalue weighted by atomic mass is 32.2. The fourth-order valence-electron chi connectivity index (χ4n) is 1.64. The van der Waals surface area contributed by atoms with E-state index in [0.717, 1.165) is 11.6 Å². The summed E-state index contributed by atoms with van der Waals surface area (Å²) in [5.74, 6) is 0. The van der Waals surface area contributed by atoms with Gasteiger partial charge in [0.1, 0.15) is 6.33 Å². The van der Waals surface area contributed by atoms with E-state index in [0.29, 0.717) is 6.54 Å². The van der Waals surface area contributed by atoms with Crippen molar-refractivity contribution in [2.45, 2.75) is 23.4 Å². The van der Waals surface area contributed by atoms with Crippen molar-refractivity contribution < 1.29 is 0 Å². The van der Waals surface area contributed by atoms with Crippen molar-refractivity contribution in [3.8, 4) is 0 Å². The topological polar surface area (TPSA) is 56.7 Å². The van der Waals surface area contributed by atoms with Gasteiger partial charge < -0.3 is 10.3 Å². The monoisotopic (exact) mass is 248 g/mol. The van der Waals surface area contributed by atoms with Crippen LogP contribution < -0.4 is 5.73 Å². The molecule has 1 aromatic carbocycles. The third-order valence-corrected chi connectivity index (χ3v) is 3.65. The van der Waals surface area contributed by atoms with E-state index in [-0.39, 0.29) is 0 Å². The highest BCUT2D eigenvalue weighted by Crippen LogP contribution is 2.27. The lowest BCUT2D eigenvalue weighted by molar-refractivity contribution is 0.788. The maximum atomic E-state index is 5.57. The van der Waals surface area contributed by atoms with Crippen LogP contribution in [0.25, 0.3) is 0 Å². The Morgan fingerprint density at radius 3 is 2.82 bits per heavy atom. The molecule has 0 saturated heterocycles. The second-order valence-electron chi connectivity index (χ2n) is 3.95. The molecular formula is C12H16N4S. The van der Waals surface area contributed by atoms with E-state index >= 15 is 0 Å². The predicted octanol–water partition coefficient (Wildman–Crippen LogP) is 1.78. The molecule has 4 nitrogen and oxygen atoms in total. The van der Waals surface area contributed by atoms with Crippen LogP contribution in [0, 0.1) is 6.92 Å². The largest absolute Gasteiger partial charge is 0.330 e. The molecule has 0 radical (unpaired) electrons. The van der Waals surface area contributed by atoms with Crippen molar-refractivity contribution in [2.75, 3.05) is 6.54 Å². The number of benzene rings is 1. The maximum Gasteiger partial charge on any atom is 0.195 e. The molecule has 5 heteroatoms. The standard InChI is InChI=1S/C12H16N4S/c1-9-7-11(4-3-10(9)5-6-13)17-12-15-14-8-16(12)2/h3-4,7-8H,5-6,13H2,1-2H3. The molecular weight excluding hydrogens is 232 g/mol. The zero-order valence-electron chi connectivity index (χ0n) is 10.1. The van der Waals surface area contributed by atoms with E-state index in [2.05, 4.69) is 35.3 Å². The number of nitrogens with two attached hydrogens (primary N) is 1. The summed E-state index contributed by atoms with van der Waals surface area (Å²) in [6, 6.07) is 6.42. The lowest BCUT2D eigenvalue weighted by Crippen LogP contribution is -2.04. The Balaban J connectivity index is 2.18. The molecule has 0 aliphatic heterocycles. The molecule has 0 spiro atoms. The van der Waals surface area contributed by atoms with E-state index in [1.54, 1.807) is 18.1 Å². The highest BCUT2D eigenvalue weighted by Gasteiger charge is 2.05. The summed E-state index contributed by atoms with van der Waals surface area (Å²) >= 11 is 1.62. The van der Waals surface area contributed by atoms with Crippen LogP contribution in [-0.4, -0.2) is 21.3 Å². The Labute approximate surface area is 105 Å². The van der Waals surface area contributed by atoms with E-state index in [9.17, 15) is 0 Å². The molecule has 0 aliphatic carbocycles. The average molecular weight is 248 g/mol. The van der Waals surface area contributed by atoms with Crippen LogP contribution in [0.3, 0.4) is 0 Å². The molecule has 1 heterocycles. The van der Waals surface area contributed by atoms with Crippen LogP contribution in [0.1, 0.15) is 11.1 Å². The first-order valence-corrected chi connectivity index (χ1v) is 6.34. The second kappa shape index (κ2) is 5.33.